The third kappa shape index (κ3) is 3.66. The van der Waals surface area contributed by atoms with Crippen LogP contribution < -0.4 is 10.6 Å². The van der Waals surface area contributed by atoms with Crippen molar-refractivity contribution in [3.05, 3.63) is 65.1 Å². The second-order valence-corrected chi connectivity index (χ2v) is 8.44. The summed E-state index contributed by atoms with van der Waals surface area (Å²) in [6.07, 6.45) is 1.96. The number of pyridine rings is 1. The third-order valence-electron chi connectivity index (χ3n) is 6.36. The van der Waals surface area contributed by atoms with Crippen LogP contribution in [0.3, 0.4) is 0 Å². The number of fused-ring (bicyclic) bond motifs is 2. The minimum atomic E-state index is -2.62. The predicted octanol–water partition coefficient (Wildman–Crippen LogP) is 3.29. The molecule has 0 radical (unpaired) electrons. The van der Waals surface area contributed by atoms with E-state index >= 15 is 0 Å². The van der Waals surface area contributed by atoms with Crippen molar-refractivity contribution in [3.8, 4) is 0 Å². The van der Waals surface area contributed by atoms with Gasteiger partial charge in [-0.05, 0) is 41.7 Å². The summed E-state index contributed by atoms with van der Waals surface area (Å²) < 4.78 is 26.8. The van der Waals surface area contributed by atoms with Crippen LogP contribution in [0.1, 0.15) is 44.9 Å². The maximum atomic E-state index is 13.4. The molecule has 0 saturated heterocycles. The van der Waals surface area contributed by atoms with Crippen molar-refractivity contribution in [2.24, 2.45) is 11.8 Å². The Kier molecular flexibility index (Phi) is 4.53. The van der Waals surface area contributed by atoms with Crippen LogP contribution in [0.2, 0.25) is 0 Å². The molecule has 0 spiro atoms. The van der Waals surface area contributed by atoms with Crippen LogP contribution in [0, 0.1) is 11.8 Å². The second-order valence-electron chi connectivity index (χ2n) is 8.44. The van der Waals surface area contributed by atoms with Crippen LogP contribution in [0.5, 0.6) is 0 Å². The molecule has 5 rings (SSSR count). The molecule has 2 amide bonds. The van der Waals surface area contributed by atoms with E-state index in [1.54, 1.807) is 6.07 Å². The molecule has 2 aliphatic carbocycles. The molecule has 2 aliphatic rings. The zero-order valence-corrected chi connectivity index (χ0v) is 16.9. The van der Waals surface area contributed by atoms with Gasteiger partial charge < -0.3 is 15.6 Å². The van der Waals surface area contributed by atoms with Gasteiger partial charge in [0.25, 0.3) is 11.8 Å². The first kappa shape index (κ1) is 19.7. The number of nitrogens with one attached hydrogen (secondary N) is 3. The predicted molar refractivity (Wildman–Crippen MR) is 111 cm³/mol. The van der Waals surface area contributed by atoms with Gasteiger partial charge in [0.1, 0.15) is 5.69 Å². The van der Waals surface area contributed by atoms with Crippen molar-refractivity contribution in [3.63, 3.8) is 0 Å². The zero-order chi connectivity index (χ0) is 21.8. The molecule has 3 atom stereocenters. The van der Waals surface area contributed by atoms with Gasteiger partial charge in [-0.3, -0.25) is 9.59 Å². The van der Waals surface area contributed by atoms with Gasteiger partial charge in [-0.25, -0.2) is 13.8 Å². The molecule has 2 saturated carbocycles. The monoisotopic (exact) mass is 424 g/mol. The van der Waals surface area contributed by atoms with Crippen LogP contribution in [0.15, 0.2) is 42.6 Å². The number of amides is 2. The number of hydrogen-bond donors (Lipinski definition) is 3. The summed E-state index contributed by atoms with van der Waals surface area (Å²) in [4.78, 5) is 32.7. The Morgan fingerprint density at radius 3 is 2.68 bits per heavy atom. The molecule has 1 aromatic carbocycles. The van der Waals surface area contributed by atoms with Crippen molar-refractivity contribution < 1.29 is 18.4 Å². The van der Waals surface area contributed by atoms with Gasteiger partial charge in [-0.15, -0.1) is 0 Å². The third-order valence-corrected chi connectivity index (χ3v) is 6.36. The Morgan fingerprint density at radius 2 is 1.94 bits per heavy atom. The lowest BCUT2D eigenvalue weighted by molar-refractivity contribution is -0.00623. The summed E-state index contributed by atoms with van der Waals surface area (Å²) >= 11 is 0. The summed E-state index contributed by atoms with van der Waals surface area (Å²) in [6.45, 7) is 0. The van der Waals surface area contributed by atoms with Gasteiger partial charge in [-0.1, -0.05) is 12.1 Å². The molecule has 2 aromatic heterocycles. The van der Waals surface area contributed by atoms with E-state index in [0.717, 1.165) is 16.5 Å². The van der Waals surface area contributed by atoms with E-state index in [1.807, 2.05) is 30.5 Å². The van der Waals surface area contributed by atoms with Crippen molar-refractivity contribution in [2.45, 2.75) is 31.2 Å². The van der Waals surface area contributed by atoms with E-state index < -0.39 is 11.8 Å². The van der Waals surface area contributed by atoms with Gasteiger partial charge in [0.15, 0.2) is 0 Å². The number of aromatic amines is 1. The minimum Gasteiger partial charge on any atom is -0.361 e. The Labute approximate surface area is 177 Å². The fraction of sp³-hybridized carbons (Fsp3) is 0.348. The van der Waals surface area contributed by atoms with Crippen LogP contribution in [-0.4, -0.2) is 40.8 Å². The van der Waals surface area contributed by atoms with E-state index in [1.165, 1.54) is 13.1 Å². The first-order chi connectivity index (χ1) is 14.8. The molecule has 2 heterocycles. The Hall–Kier alpha value is -3.29. The maximum absolute atomic E-state index is 13.4. The second kappa shape index (κ2) is 7.14. The topological polar surface area (TPSA) is 86.9 Å². The number of aromatic nitrogens is 2. The average molecular weight is 424 g/mol. The highest BCUT2D eigenvalue weighted by atomic mass is 19.3. The number of benzene rings is 1. The van der Waals surface area contributed by atoms with Gasteiger partial charge >= 0.3 is 0 Å². The van der Waals surface area contributed by atoms with Crippen LogP contribution >= 0.6 is 0 Å². The molecular formula is C23H22F2N4O2. The summed E-state index contributed by atoms with van der Waals surface area (Å²) in [6, 6.07) is 10.8. The Balaban J connectivity index is 1.40. The van der Waals surface area contributed by atoms with Gasteiger partial charge in [-0.2, -0.15) is 0 Å². The van der Waals surface area contributed by atoms with E-state index in [0.29, 0.717) is 17.7 Å². The van der Waals surface area contributed by atoms with Gasteiger partial charge in [0, 0.05) is 60.7 Å². The largest absolute Gasteiger partial charge is 0.361 e. The lowest BCUT2D eigenvalue weighted by Gasteiger charge is -2.14. The molecular weight excluding hydrogens is 402 g/mol. The molecule has 3 N–H and O–H groups in total. The van der Waals surface area contributed by atoms with Crippen LogP contribution in [0.25, 0.3) is 10.9 Å². The molecule has 31 heavy (non-hydrogen) atoms. The summed E-state index contributed by atoms with van der Waals surface area (Å²) in [7, 11) is 1.50. The summed E-state index contributed by atoms with van der Waals surface area (Å²) in [5, 5.41) is 6.46. The average Bonchev–Trinajstić information content (AvgIpc) is 3.11. The number of alkyl halides is 2. The highest BCUT2D eigenvalue weighted by Crippen LogP contribution is 2.58. The lowest BCUT2D eigenvalue weighted by atomic mass is 10.0. The molecule has 0 aliphatic heterocycles. The lowest BCUT2D eigenvalue weighted by Crippen LogP contribution is -2.31. The highest BCUT2D eigenvalue weighted by molar-refractivity contribution is 5.99. The first-order valence-corrected chi connectivity index (χ1v) is 10.3. The molecule has 1 unspecified atom stereocenters. The highest BCUT2D eigenvalue weighted by Gasteiger charge is 2.63. The van der Waals surface area contributed by atoms with Crippen molar-refractivity contribution in [2.75, 3.05) is 7.05 Å². The molecule has 8 heteroatoms. The smallest absolute Gasteiger partial charge is 0.269 e. The van der Waals surface area contributed by atoms with Gasteiger partial charge in [0.2, 0.25) is 5.92 Å². The number of nitrogens with zero attached hydrogens (tertiary/aromatic N) is 1. The van der Waals surface area contributed by atoms with Crippen LogP contribution in [0.4, 0.5) is 8.78 Å². The normalized spacial score (nSPS) is 23.4. The quantitative estimate of drug-likeness (QED) is 0.588. The number of H-pyrrole nitrogens is 1. The number of rotatable bonds is 5. The molecule has 6 nitrogen and oxygen atoms in total. The summed E-state index contributed by atoms with van der Waals surface area (Å²) in [5.74, 6) is -3.70. The fourth-order valence-corrected chi connectivity index (χ4v) is 4.78. The number of carbonyl (C=O) groups is 2. The zero-order valence-electron chi connectivity index (χ0n) is 16.9. The molecule has 160 valence electrons. The van der Waals surface area contributed by atoms with E-state index in [-0.39, 0.29) is 42.3 Å². The Bertz CT molecular complexity index is 1180. The SMILES string of the molecule is CNC(=O)c1cc(C(=O)NC2[C@H]3CC(F)(F)C[C@@H]23)cc(Cc2cccc3[nH]ccc23)n1. The van der Waals surface area contributed by atoms with E-state index in [2.05, 4.69) is 20.6 Å². The molecule has 3 aromatic rings. The van der Waals surface area contributed by atoms with Gasteiger partial charge in [0.05, 0.1) is 0 Å². The number of carbonyl (C=O) groups excluding carboxylic acids is 2. The standard InChI is InChI=1S/C23H22F2N4O2/c1-26-22(31)19-9-13(21(30)29-20-16-10-23(24,25)11-17(16)20)8-14(28-19)7-12-3-2-4-18-15(12)5-6-27-18/h2-6,8-9,16-17,20,27H,7,10-11H2,1H3,(H,26,31)(H,29,30)/t16-,17+,20?. The van der Waals surface area contributed by atoms with E-state index in [9.17, 15) is 18.4 Å². The maximum Gasteiger partial charge on any atom is 0.269 e. The van der Waals surface area contributed by atoms with Crippen molar-refractivity contribution in [1.29, 1.82) is 0 Å². The summed E-state index contributed by atoms with van der Waals surface area (Å²) in [5.41, 5.74) is 3.05. The van der Waals surface area contributed by atoms with Crippen LogP contribution in [-0.2, 0) is 6.42 Å². The first-order valence-electron chi connectivity index (χ1n) is 10.3. The molecule has 0 bridgehead atoms. The Morgan fingerprint density at radius 1 is 1.16 bits per heavy atom. The van der Waals surface area contributed by atoms with E-state index in [4.69, 9.17) is 0 Å². The fourth-order valence-electron chi connectivity index (χ4n) is 4.78. The van der Waals surface area contributed by atoms with Crippen molar-refractivity contribution >= 4 is 22.7 Å². The van der Waals surface area contributed by atoms with Crippen molar-refractivity contribution in [1.82, 2.24) is 20.6 Å². The number of hydrogen-bond acceptors (Lipinski definition) is 3. The molecule has 2 fully saturated rings. The number of halogens is 2. The minimum absolute atomic E-state index is 0.147.